The second-order valence-corrected chi connectivity index (χ2v) is 5.05. The van der Waals surface area contributed by atoms with E-state index in [2.05, 4.69) is 21.2 Å². The SMILES string of the molecule is COc1cc(C#N)ccc1NC(=O)c1cc(F)cc(Br)c1. The minimum absolute atomic E-state index is 0.174. The van der Waals surface area contributed by atoms with E-state index in [0.717, 1.165) is 6.07 Å². The molecule has 1 N–H and O–H groups in total. The Labute approximate surface area is 129 Å². The van der Waals surface area contributed by atoms with Crippen LogP contribution >= 0.6 is 15.9 Å². The molecule has 0 saturated heterocycles. The first-order valence-electron chi connectivity index (χ1n) is 5.89. The summed E-state index contributed by atoms with van der Waals surface area (Å²) in [5.41, 5.74) is 0.994. The molecule has 0 aromatic heterocycles. The van der Waals surface area contributed by atoms with Gasteiger partial charge in [0, 0.05) is 16.1 Å². The smallest absolute Gasteiger partial charge is 0.255 e. The fourth-order valence-corrected chi connectivity index (χ4v) is 2.21. The molecular weight excluding hydrogens is 339 g/mol. The number of ether oxygens (including phenoxy) is 1. The maximum Gasteiger partial charge on any atom is 0.255 e. The van der Waals surface area contributed by atoms with Crippen molar-refractivity contribution in [2.24, 2.45) is 0 Å². The zero-order valence-electron chi connectivity index (χ0n) is 11.0. The number of carbonyl (C=O) groups excluding carboxylic acids is 1. The van der Waals surface area contributed by atoms with Gasteiger partial charge in [-0.3, -0.25) is 4.79 Å². The highest BCUT2D eigenvalue weighted by atomic mass is 79.9. The zero-order valence-corrected chi connectivity index (χ0v) is 12.6. The van der Waals surface area contributed by atoms with E-state index in [0.29, 0.717) is 21.5 Å². The number of hydrogen-bond donors (Lipinski definition) is 1. The number of hydrogen-bond acceptors (Lipinski definition) is 3. The molecule has 0 spiro atoms. The summed E-state index contributed by atoms with van der Waals surface area (Å²) in [4.78, 5) is 12.1. The number of methoxy groups -OCH3 is 1. The van der Waals surface area contributed by atoms with E-state index in [1.54, 1.807) is 12.1 Å². The van der Waals surface area contributed by atoms with Crippen molar-refractivity contribution in [2.75, 3.05) is 12.4 Å². The molecule has 0 aliphatic carbocycles. The average molecular weight is 349 g/mol. The van der Waals surface area contributed by atoms with Crippen LogP contribution in [0.3, 0.4) is 0 Å². The van der Waals surface area contributed by atoms with E-state index in [1.807, 2.05) is 6.07 Å². The molecule has 0 radical (unpaired) electrons. The minimum atomic E-state index is -0.513. The van der Waals surface area contributed by atoms with Crippen LogP contribution < -0.4 is 10.1 Å². The van der Waals surface area contributed by atoms with Crippen molar-refractivity contribution < 1.29 is 13.9 Å². The van der Waals surface area contributed by atoms with Crippen molar-refractivity contribution >= 4 is 27.5 Å². The maximum absolute atomic E-state index is 13.3. The van der Waals surface area contributed by atoms with Gasteiger partial charge >= 0.3 is 0 Å². The molecule has 0 fully saturated rings. The van der Waals surface area contributed by atoms with Crippen LogP contribution in [0.2, 0.25) is 0 Å². The summed E-state index contributed by atoms with van der Waals surface area (Å²) in [6.45, 7) is 0. The Kier molecular flexibility index (Phi) is 4.55. The minimum Gasteiger partial charge on any atom is -0.495 e. The third kappa shape index (κ3) is 3.58. The summed E-state index contributed by atoms with van der Waals surface area (Å²) in [5, 5.41) is 11.5. The largest absolute Gasteiger partial charge is 0.495 e. The number of nitriles is 1. The van der Waals surface area contributed by atoms with Crippen molar-refractivity contribution in [3.8, 4) is 11.8 Å². The molecule has 0 heterocycles. The van der Waals surface area contributed by atoms with Gasteiger partial charge in [0.15, 0.2) is 0 Å². The molecule has 106 valence electrons. The summed E-state index contributed by atoms with van der Waals surface area (Å²) in [6, 6.07) is 10.5. The lowest BCUT2D eigenvalue weighted by molar-refractivity contribution is 0.102. The van der Waals surface area contributed by atoms with Crippen LogP contribution in [0.15, 0.2) is 40.9 Å². The van der Waals surface area contributed by atoms with Crippen LogP contribution in [0, 0.1) is 17.1 Å². The molecule has 21 heavy (non-hydrogen) atoms. The molecule has 2 aromatic carbocycles. The van der Waals surface area contributed by atoms with Gasteiger partial charge in [0.2, 0.25) is 0 Å². The summed E-state index contributed by atoms with van der Waals surface area (Å²) < 4.78 is 18.9. The van der Waals surface area contributed by atoms with Crippen LogP contribution in [0.5, 0.6) is 5.75 Å². The molecule has 0 bridgehead atoms. The van der Waals surface area contributed by atoms with Crippen LogP contribution in [-0.4, -0.2) is 13.0 Å². The topological polar surface area (TPSA) is 62.1 Å². The number of benzene rings is 2. The van der Waals surface area contributed by atoms with Gasteiger partial charge in [-0.05, 0) is 30.3 Å². The quantitative estimate of drug-likeness (QED) is 0.919. The summed E-state index contributed by atoms with van der Waals surface area (Å²) >= 11 is 3.13. The fraction of sp³-hybridized carbons (Fsp3) is 0.0667. The van der Waals surface area contributed by atoms with Gasteiger partial charge in [0.25, 0.3) is 5.91 Å². The molecule has 0 aliphatic heterocycles. The van der Waals surface area contributed by atoms with Crippen molar-refractivity contribution in [3.05, 3.63) is 57.8 Å². The van der Waals surface area contributed by atoms with E-state index in [-0.39, 0.29) is 5.56 Å². The second kappa shape index (κ2) is 6.37. The van der Waals surface area contributed by atoms with Crippen LogP contribution in [0.4, 0.5) is 10.1 Å². The van der Waals surface area contributed by atoms with E-state index in [1.165, 1.54) is 25.3 Å². The third-order valence-electron chi connectivity index (χ3n) is 2.70. The number of nitrogens with one attached hydrogen (secondary N) is 1. The molecule has 2 aromatic rings. The first-order chi connectivity index (χ1) is 10.0. The molecule has 6 heteroatoms. The van der Waals surface area contributed by atoms with Crippen LogP contribution in [0.25, 0.3) is 0 Å². The molecule has 0 unspecified atom stereocenters. The number of amides is 1. The lowest BCUT2D eigenvalue weighted by Gasteiger charge is -2.10. The zero-order chi connectivity index (χ0) is 15.4. The van der Waals surface area contributed by atoms with Gasteiger partial charge in [-0.25, -0.2) is 4.39 Å². The summed E-state index contributed by atoms with van der Waals surface area (Å²) in [5.74, 6) is -0.627. The van der Waals surface area contributed by atoms with Gasteiger partial charge in [-0.1, -0.05) is 15.9 Å². The highest BCUT2D eigenvalue weighted by Crippen LogP contribution is 2.26. The van der Waals surface area contributed by atoms with Gasteiger partial charge < -0.3 is 10.1 Å². The molecule has 1 amide bonds. The number of nitrogens with zero attached hydrogens (tertiary/aromatic N) is 1. The van der Waals surface area contributed by atoms with E-state index >= 15 is 0 Å². The monoisotopic (exact) mass is 348 g/mol. The van der Waals surface area contributed by atoms with Crippen molar-refractivity contribution in [2.45, 2.75) is 0 Å². The Hall–Kier alpha value is -2.39. The lowest BCUT2D eigenvalue weighted by Crippen LogP contribution is -2.13. The second-order valence-electron chi connectivity index (χ2n) is 4.14. The normalized spacial score (nSPS) is 9.81. The van der Waals surface area contributed by atoms with Gasteiger partial charge in [-0.2, -0.15) is 5.26 Å². The van der Waals surface area contributed by atoms with E-state index in [9.17, 15) is 9.18 Å². The first kappa shape index (κ1) is 15.0. The van der Waals surface area contributed by atoms with Gasteiger partial charge in [-0.15, -0.1) is 0 Å². The number of halogens is 2. The van der Waals surface area contributed by atoms with Crippen molar-refractivity contribution in [1.82, 2.24) is 0 Å². The first-order valence-corrected chi connectivity index (χ1v) is 6.68. The van der Waals surface area contributed by atoms with Crippen molar-refractivity contribution in [1.29, 1.82) is 5.26 Å². The maximum atomic E-state index is 13.3. The van der Waals surface area contributed by atoms with E-state index < -0.39 is 11.7 Å². The highest BCUT2D eigenvalue weighted by Gasteiger charge is 2.12. The number of anilines is 1. The standard InChI is InChI=1S/C15H10BrFN2O2/c1-21-14-4-9(8-18)2-3-13(14)19-15(20)10-5-11(16)7-12(17)6-10/h2-7H,1H3,(H,19,20). The molecule has 4 nitrogen and oxygen atoms in total. The molecule has 0 aliphatic rings. The molecule has 0 saturated carbocycles. The lowest BCUT2D eigenvalue weighted by atomic mass is 10.1. The molecule has 2 rings (SSSR count). The number of carbonyl (C=O) groups is 1. The predicted octanol–water partition coefficient (Wildman–Crippen LogP) is 3.72. The Morgan fingerprint density at radius 3 is 2.71 bits per heavy atom. The Morgan fingerprint density at radius 2 is 2.10 bits per heavy atom. The van der Waals surface area contributed by atoms with Crippen molar-refractivity contribution in [3.63, 3.8) is 0 Å². The van der Waals surface area contributed by atoms with Crippen LogP contribution in [0.1, 0.15) is 15.9 Å². The van der Waals surface area contributed by atoms with Crippen LogP contribution in [-0.2, 0) is 0 Å². The Morgan fingerprint density at radius 1 is 1.33 bits per heavy atom. The average Bonchev–Trinajstić information content (AvgIpc) is 2.46. The molecular formula is C15H10BrFN2O2. The van der Waals surface area contributed by atoms with Gasteiger partial charge in [0.1, 0.15) is 11.6 Å². The fourth-order valence-electron chi connectivity index (χ4n) is 1.74. The number of rotatable bonds is 3. The molecule has 0 atom stereocenters. The van der Waals surface area contributed by atoms with Gasteiger partial charge in [0.05, 0.1) is 24.4 Å². The Balaban J connectivity index is 2.29. The predicted molar refractivity (Wildman–Crippen MR) is 79.8 cm³/mol. The van der Waals surface area contributed by atoms with E-state index in [4.69, 9.17) is 10.00 Å². The summed E-state index contributed by atoms with van der Waals surface area (Å²) in [7, 11) is 1.44. The third-order valence-corrected chi connectivity index (χ3v) is 3.16. The Bertz CT molecular complexity index is 721. The highest BCUT2D eigenvalue weighted by molar-refractivity contribution is 9.10. The summed E-state index contributed by atoms with van der Waals surface area (Å²) in [6.07, 6.45) is 0.